The second-order valence-electron chi connectivity index (χ2n) is 6.65. The Bertz CT molecular complexity index is 983. The van der Waals surface area contributed by atoms with Gasteiger partial charge in [-0.05, 0) is 62.1 Å². The lowest BCUT2D eigenvalue weighted by Gasteiger charge is -2.09. The summed E-state index contributed by atoms with van der Waals surface area (Å²) in [5.41, 5.74) is 8.35. The highest BCUT2D eigenvalue weighted by Gasteiger charge is 2.11. The number of hydrogen-bond donors (Lipinski definition) is 1. The summed E-state index contributed by atoms with van der Waals surface area (Å²) in [5, 5.41) is 9.62. The van der Waals surface area contributed by atoms with Crippen molar-refractivity contribution in [3.05, 3.63) is 59.0 Å². The van der Waals surface area contributed by atoms with Crippen LogP contribution in [0.2, 0.25) is 0 Å². The SMILES string of the molecule is N#Cc1ccccc1OCCCCCOc1ccc(-c2nc(N)sc2CCCl)cc1. The maximum absolute atomic E-state index is 9.06. The molecule has 1 aromatic heterocycles. The number of aromatic nitrogens is 1. The van der Waals surface area contributed by atoms with E-state index in [1.165, 1.54) is 11.3 Å². The van der Waals surface area contributed by atoms with Crippen LogP contribution >= 0.6 is 22.9 Å². The summed E-state index contributed by atoms with van der Waals surface area (Å²) in [6, 6.07) is 17.3. The molecule has 156 valence electrons. The smallest absolute Gasteiger partial charge is 0.180 e. The van der Waals surface area contributed by atoms with Crippen molar-refractivity contribution in [2.24, 2.45) is 0 Å². The molecule has 5 nitrogen and oxygen atoms in total. The maximum Gasteiger partial charge on any atom is 0.180 e. The summed E-state index contributed by atoms with van der Waals surface area (Å²) in [5.74, 6) is 2.03. The molecule has 2 aromatic carbocycles. The fourth-order valence-corrected chi connectivity index (χ4v) is 4.15. The summed E-state index contributed by atoms with van der Waals surface area (Å²) in [7, 11) is 0. The van der Waals surface area contributed by atoms with E-state index >= 15 is 0 Å². The van der Waals surface area contributed by atoms with E-state index in [9.17, 15) is 0 Å². The quantitative estimate of drug-likeness (QED) is 0.306. The van der Waals surface area contributed by atoms with E-state index in [2.05, 4.69) is 11.1 Å². The van der Waals surface area contributed by atoms with Crippen molar-refractivity contribution < 1.29 is 9.47 Å². The molecule has 0 aliphatic heterocycles. The third-order valence-corrected chi connectivity index (χ3v) is 5.62. The van der Waals surface area contributed by atoms with E-state index in [0.717, 1.165) is 47.6 Å². The third kappa shape index (κ3) is 6.12. The molecule has 3 rings (SSSR count). The number of thiazole rings is 1. The van der Waals surface area contributed by atoms with Gasteiger partial charge < -0.3 is 15.2 Å². The number of halogens is 1. The predicted octanol–water partition coefficient (Wildman–Crippen LogP) is 5.67. The first-order chi connectivity index (χ1) is 14.7. The molecule has 30 heavy (non-hydrogen) atoms. The lowest BCUT2D eigenvalue weighted by Crippen LogP contribution is -2.01. The Morgan fingerprint density at radius 2 is 1.73 bits per heavy atom. The Labute approximate surface area is 186 Å². The Morgan fingerprint density at radius 3 is 2.47 bits per heavy atom. The minimum absolute atomic E-state index is 0.547. The second-order valence-corrected chi connectivity index (χ2v) is 8.15. The average molecular weight is 442 g/mol. The molecule has 0 atom stereocenters. The number of alkyl halides is 1. The Morgan fingerprint density at radius 1 is 1.00 bits per heavy atom. The van der Waals surface area contributed by atoms with E-state index in [-0.39, 0.29) is 0 Å². The maximum atomic E-state index is 9.06. The number of para-hydroxylation sites is 1. The van der Waals surface area contributed by atoms with Crippen LogP contribution in [-0.2, 0) is 6.42 Å². The van der Waals surface area contributed by atoms with Gasteiger partial charge in [0.05, 0.1) is 24.5 Å². The van der Waals surface area contributed by atoms with Gasteiger partial charge in [-0.1, -0.05) is 12.1 Å². The number of rotatable bonds is 11. The highest BCUT2D eigenvalue weighted by molar-refractivity contribution is 7.15. The molecule has 0 spiro atoms. The number of unbranched alkanes of at least 4 members (excludes halogenated alkanes) is 2. The molecule has 0 fully saturated rings. The lowest BCUT2D eigenvalue weighted by atomic mass is 10.1. The number of benzene rings is 2. The topological polar surface area (TPSA) is 81.2 Å². The highest BCUT2D eigenvalue weighted by atomic mass is 35.5. The number of aryl methyl sites for hydroxylation is 1. The zero-order valence-corrected chi connectivity index (χ0v) is 18.2. The normalized spacial score (nSPS) is 10.5. The summed E-state index contributed by atoms with van der Waals surface area (Å²) < 4.78 is 11.5. The number of nitrogen functional groups attached to an aromatic ring is 1. The molecule has 0 amide bonds. The molecule has 0 unspecified atom stereocenters. The molecule has 1 heterocycles. The van der Waals surface area contributed by atoms with Gasteiger partial charge in [0.2, 0.25) is 0 Å². The summed E-state index contributed by atoms with van der Waals surface area (Å²) >= 11 is 7.36. The van der Waals surface area contributed by atoms with Crippen LogP contribution < -0.4 is 15.2 Å². The largest absolute Gasteiger partial charge is 0.494 e. The standard InChI is InChI=1S/C23H24ClN3O2S/c24-13-12-21-22(27-23(26)30-21)17-8-10-19(11-9-17)28-14-4-1-5-15-29-20-7-3-2-6-18(20)16-25/h2-3,6-11H,1,4-5,12-15H2,(H2,26,27). The van der Waals surface area contributed by atoms with Crippen molar-refractivity contribution in [3.8, 4) is 28.8 Å². The van der Waals surface area contributed by atoms with E-state index in [0.29, 0.717) is 35.5 Å². The number of ether oxygens (including phenoxy) is 2. The first-order valence-electron chi connectivity index (χ1n) is 9.87. The molecule has 0 saturated heterocycles. The number of hydrogen-bond acceptors (Lipinski definition) is 6. The number of nitrogens with two attached hydrogens (primary N) is 1. The van der Waals surface area contributed by atoms with Gasteiger partial charge in [-0.15, -0.1) is 22.9 Å². The van der Waals surface area contributed by atoms with E-state index < -0.39 is 0 Å². The molecule has 2 N–H and O–H groups in total. The van der Waals surface area contributed by atoms with Crippen LogP contribution in [0.5, 0.6) is 11.5 Å². The minimum atomic E-state index is 0.547. The second kappa shape index (κ2) is 11.4. The van der Waals surface area contributed by atoms with Gasteiger partial charge in [-0.3, -0.25) is 0 Å². The molecule has 7 heteroatoms. The molecule has 0 aliphatic rings. The molecule has 0 aliphatic carbocycles. The summed E-state index contributed by atoms with van der Waals surface area (Å²) in [4.78, 5) is 5.54. The average Bonchev–Trinajstić information content (AvgIpc) is 3.14. The lowest BCUT2D eigenvalue weighted by molar-refractivity contribution is 0.279. The van der Waals surface area contributed by atoms with E-state index in [1.807, 2.05) is 42.5 Å². The molecule has 3 aromatic rings. The molecule has 0 radical (unpaired) electrons. The van der Waals surface area contributed by atoms with E-state index in [4.69, 9.17) is 32.1 Å². The molecule has 0 bridgehead atoms. The monoisotopic (exact) mass is 441 g/mol. The molecular weight excluding hydrogens is 418 g/mol. The van der Waals surface area contributed by atoms with Gasteiger partial charge in [0, 0.05) is 16.3 Å². The molecule has 0 saturated carbocycles. The van der Waals surface area contributed by atoms with Crippen molar-refractivity contribution in [2.45, 2.75) is 25.7 Å². The highest BCUT2D eigenvalue weighted by Crippen LogP contribution is 2.31. The predicted molar refractivity (Wildman–Crippen MR) is 122 cm³/mol. The van der Waals surface area contributed by atoms with Crippen LogP contribution in [0.15, 0.2) is 48.5 Å². The van der Waals surface area contributed by atoms with Crippen LogP contribution in [0.25, 0.3) is 11.3 Å². The molecular formula is C23H24ClN3O2S. The number of nitriles is 1. The van der Waals surface area contributed by atoms with Crippen molar-refractivity contribution in [2.75, 3.05) is 24.8 Å². The Kier molecular flexibility index (Phi) is 8.37. The summed E-state index contributed by atoms with van der Waals surface area (Å²) in [6.45, 7) is 1.24. The fraction of sp³-hybridized carbons (Fsp3) is 0.304. The van der Waals surface area contributed by atoms with Gasteiger partial charge in [-0.25, -0.2) is 4.98 Å². The van der Waals surface area contributed by atoms with Crippen molar-refractivity contribution >= 4 is 28.1 Å². The summed E-state index contributed by atoms with van der Waals surface area (Å²) in [6.07, 6.45) is 3.60. The van der Waals surface area contributed by atoms with Gasteiger partial charge in [0.25, 0.3) is 0 Å². The van der Waals surface area contributed by atoms with Gasteiger partial charge in [-0.2, -0.15) is 5.26 Å². The van der Waals surface area contributed by atoms with Crippen molar-refractivity contribution in [1.82, 2.24) is 4.98 Å². The minimum Gasteiger partial charge on any atom is -0.494 e. The first-order valence-corrected chi connectivity index (χ1v) is 11.2. The zero-order chi connectivity index (χ0) is 21.2. The van der Waals surface area contributed by atoms with Crippen LogP contribution in [0.3, 0.4) is 0 Å². The number of nitrogens with zero attached hydrogens (tertiary/aromatic N) is 2. The van der Waals surface area contributed by atoms with Crippen LogP contribution in [-0.4, -0.2) is 24.1 Å². The van der Waals surface area contributed by atoms with Crippen LogP contribution in [0, 0.1) is 11.3 Å². The first kappa shape index (κ1) is 21.9. The fourth-order valence-electron chi connectivity index (χ4n) is 3.00. The van der Waals surface area contributed by atoms with Gasteiger partial charge >= 0.3 is 0 Å². The van der Waals surface area contributed by atoms with Crippen LogP contribution in [0.4, 0.5) is 5.13 Å². The zero-order valence-electron chi connectivity index (χ0n) is 16.6. The van der Waals surface area contributed by atoms with Crippen molar-refractivity contribution in [3.63, 3.8) is 0 Å². The van der Waals surface area contributed by atoms with E-state index in [1.54, 1.807) is 6.07 Å². The Balaban J connectivity index is 1.38. The van der Waals surface area contributed by atoms with Crippen LogP contribution in [0.1, 0.15) is 29.7 Å². The van der Waals surface area contributed by atoms with Crippen molar-refractivity contribution in [1.29, 1.82) is 5.26 Å². The van der Waals surface area contributed by atoms with Gasteiger partial charge in [0.1, 0.15) is 17.6 Å². The number of anilines is 1. The van der Waals surface area contributed by atoms with Gasteiger partial charge in [0.15, 0.2) is 5.13 Å². The third-order valence-electron chi connectivity index (χ3n) is 4.49. The Hall–Kier alpha value is -2.75.